The Labute approximate surface area is 140 Å². The van der Waals surface area contributed by atoms with Crippen LogP contribution in [0, 0.1) is 0 Å². The third kappa shape index (κ3) is 7.48. The van der Waals surface area contributed by atoms with Crippen molar-refractivity contribution in [2.24, 2.45) is 0 Å². The number of benzene rings is 1. The zero-order valence-corrected chi connectivity index (χ0v) is 13.7. The molecule has 0 heterocycles. The first-order chi connectivity index (χ1) is 11.6. The molecule has 8 heteroatoms. The molecule has 0 saturated heterocycles. The Hall–Kier alpha value is -2.77. The number of carbonyl (C=O) groups excluding carboxylic acids is 3. The molecule has 1 rings (SSSR count). The van der Waals surface area contributed by atoms with Gasteiger partial charge in [0.25, 0.3) is 5.91 Å². The molecule has 0 fully saturated rings. The zero-order valence-electron chi connectivity index (χ0n) is 13.7. The van der Waals surface area contributed by atoms with Crippen LogP contribution in [0.2, 0.25) is 0 Å². The van der Waals surface area contributed by atoms with Crippen molar-refractivity contribution >= 4 is 18.0 Å². The monoisotopic (exact) mass is 339 g/mol. The number of imide groups is 1. The van der Waals surface area contributed by atoms with Gasteiger partial charge in [0.15, 0.2) is 18.1 Å². The van der Waals surface area contributed by atoms with Gasteiger partial charge in [0.2, 0.25) is 0 Å². The Morgan fingerprint density at radius 3 is 2.25 bits per heavy atom. The molecule has 0 saturated carbocycles. The first-order valence-corrected chi connectivity index (χ1v) is 7.53. The summed E-state index contributed by atoms with van der Waals surface area (Å²) in [6.45, 7) is 3.61. The van der Waals surface area contributed by atoms with E-state index in [1.807, 2.05) is 18.3 Å². The van der Waals surface area contributed by atoms with E-state index in [0.29, 0.717) is 18.1 Å². The summed E-state index contributed by atoms with van der Waals surface area (Å²) in [5, 5.41) is 1.91. The number of ether oxygens (including phenoxy) is 4. The molecule has 0 aliphatic rings. The van der Waals surface area contributed by atoms with Crippen LogP contribution in [-0.2, 0) is 19.1 Å². The average molecular weight is 339 g/mol. The van der Waals surface area contributed by atoms with E-state index < -0.39 is 24.6 Å². The Bertz CT molecular complexity index is 559. The molecular formula is C16H21NO7. The van der Waals surface area contributed by atoms with Crippen molar-refractivity contribution in [1.82, 2.24) is 5.32 Å². The molecular weight excluding hydrogens is 318 g/mol. The third-order valence-electron chi connectivity index (χ3n) is 2.59. The quantitative estimate of drug-likeness (QED) is 0.683. The molecule has 0 aliphatic carbocycles. The SMILES string of the molecule is CCOC(=O)NC(=O)COC(=O)CCOc1ccccc1OCC. The second-order valence-electron chi connectivity index (χ2n) is 4.41. The smallest absolute Gasteiger partial charge is 0.413 e. The molecule has 24 heavy (non-hydrogen) atoms. The molecule has 1 N–H and O–H groups in total. The summed E-state index contributed by atoms with van der Waals surface area (Å²) in [4.78, 5) is 33.8. The maximum absolute atomic E-state index is 11.5. The number of amides is 2. The van der Waals surface area contributed by atoms with Gasteiger partial charge in [0.05, 0.1) is 26.2 Å². The van der Waals surface area contributed by atoms with E-state index in [9.17, 15) is 14.4 Å². The van der Waals surface area contributed by atoms with Gasteiger partial charge >= 0.3 is 12.1 Å². The Morgan fingerprint density at radius 2 is 1.62 bits per heavy atom. The molecule has 0 aromatic heterocycles. The molecule has 0 unspecified atom stereocenters. The van der Waals surface area contributed by atoms with Gasteiger partial charge in [0.1, 0.15) is 0 Å². The van der Waals surface area contributed by atoms with Crippen LogP contribution >= 0.6 is 0 Å². The zero-order chi connectivity index (χ0) is 17.8. The van der Waals surface area contributed by atoms with E-state index in [4.69, 9.17) is 14.2 Å². The minimum Gasteiger partial charge on any atom is -0.490 e. The van der Waals surface area contributed by atoms with E-state index in [0.717, 1.165) is 0 Å². The van der Waals surface area contributed by atoms with Crippen LogP contribution in [0.4, 0.5) is 4.79 Å². The minimum atomic E-state index is -0.880. The number of hydrogen-bond donors (Lipinski definition) is 1. The van der Waals surface area contributed by atoms with Gasteiger partial charge in [-0.3, -0.25) is 14.9 Å². The van der Waals surface area contributed by atoms with Gasteiger partial charge in [-0.15, -0.1) is 0 Å². The van der Waals surface area contributed by atoms with Gasteiger partial charge in [-0.2, -0.15) is 0 Å². The van der Waals surface area contributed by atoms with E-state index in [1.54, 1.807) is 25.1 Å². The van der Waals surface area contributed by atoms with Crippen molar-refractivity contribution in [3.05, 3.63) is 24.3 Å². The maximum atomic E-state index is 11.5. The van der Waals surface area contributed by atoms with Gasteiger partial charge in [-0.1, -0.05) is 12.1 Å². The van der Waals surface area contributed by atoms with Crippen LogP contribution in [0.1, 0.15) is 20.3 Å². The van der Waals surface area contributed by atoms with Crippen LogP contribution in [0.15, 0.2) is 24.3 Å². The maximum Gasteiger partial charge on any atom is 0.413 e. The normalized spacial score (nSPS) is 9.75. The Kier molecular flexibility index (Phi) is 8.73. The van der Waals surface area contributed by atoms with E-state index >= 15 is 0 Å². The highest BCUT2D eigenvalue weighted by Crippen LogP contribution is 2.26. The van der Waals surface area contributed by atoms with Crippen LogP contribution in [0.5, 0.6) is 11.5 Å². The van der Waals surface area contributed by atoms with Crippen LogP contribution in [0.3, 0.4) is 0 Å². The first kappa shape index (κ1) is 19.3. The van der Waals surface area contributed by atoms with Crippen molar-refractivity contribution in [3.8, 4) is 11.5 Å². The number of rotatable bonds is 9. The summed E-state index contributed by atoms with van der Waals surface area (Å²) in [5.41, 5.74) is 0. The highest BCUT2D eigenvalue weighted by Gasteiger charge is 2.12. The van der Waals surface area contributed by atoms with Crippen LogP contribution in [-0.4, -0.2) is 44.4 Å². The lowest BCUT2D eigenvalue weighted by Gasteiger charge is -2.11. The Morgan fingerprint density at radius 1 is 0.958 bits per heavy atom. The summed E-state index contributed by atoms with van der Waals surface area (Å²) in [5.74, 6) is -0.276. The topological polar surface area (TPSA) is 100 Å². The standard InChI is InChI=1S/C16H21NO7/c1-3-21-12-7-5-6-8-13(12)23-10-9-15(19)24-11-14(18)17-16(20)22-4-2/h5-8H,3-4,9-11H2,1-2H3,(H,17,18,20). The lowest BCUT2D eigenvalue weighted by atomic mass is 10.3. The van der Waals surface area contributed by atoms with Crippen molar-refractivity contribution in [2.75, 3.05) is 26.4 Å². The van der Waals surface area contributed by atoms with Gasteiger partial charge in [-0.25, -0.2) is 4.79 Å². The largest absolute Gasteiger partial charge is 0.490 e. The molecule has 0 aliphatic heterocycles. The van der Waals surface area contributed by atoms with Gasteiger partial charge in [0, 0.05) is 0 Å². The van der Waals surface area contributed by atoms with Crippen molar-refractivity contribution in [2.45, 2.75) is 20.3 Å². The van der Waals surface area contributed by atoms with E-state index in [1.165, 1.54) is 0 Å². The van der Waals surface area contributed by atoms with Gasteiger partial charge in [-0.05, 0) is 26.0 Å². The summed E-state index contributed by atoms with van der Waals surface area (Å²) in [6, 6.07) is 7.09. The van der Waals surface area contributed by atoms with Crippen LogP contribution in [0.25, 0.3) is 0 Å². The minimum absolute atomic E-state index is 0.0485. The third-order valence-corrected chi connectivity index (χ3v) is 2.59. The number of para-hydroxylation sites is 2. The number of hydrogen-bond acceptors (Lipinski definition) is 7. The highest BCUT2D eigenvalue weighted by atomic mass is 16.6. The molecule has 0 atom stereocenters. The van der Waals surface area contributed by atoms with Crippen molar-refractivity contribution < 1.29 is 33.3 Å². The van der Waals surface area contributed by atoms with E-state index in [2.05, 4.69) is 4.74 Å². The van der Waals surface area contributed by atoms with Crippen LogP contribution < -0.4 is 14.8 Å². The fourth-order valence-corrected chi connectivity index (χ4v) is 1.62. The number of alkyl carbamates (subject to hydrolysis) is 1. The fraction of sp³-hybridized carbons (Fsp3) is 0.438. The molecule has 2 amide bonds. The highest BCUT2D eigenvalue weighted by molar-refractivity contribution is 5.93. The van der Waals surface area contributed by atoms with Gasteiger partial charge < -0.3 is 18.9 Å². The molecule has 8 nitrogen and oxygen atoms in total. The Balaban J connectivity index is 2.27. The lowest BCUT2D eigenvalue weighted by molar-refractivity contribution is -0.148. The molecule has 1 aromatic carbocycles. The fourth-order valence-electron chi connectivity index (χ4n) is 1.62. The molecule has 0 bridgehead atoms. The second-order valence-corrected chi connectivity index (χ2v) is 4.41. The number of nitrogens with one attached hydrogen (secondary N) is 1. The van der Waals surface area contributed by atoms with E-state index in [-0.39, 0.29) is 19.6 Å². The number of carbonyl (C=O) groups is 3. The molecule has 132 valence electrons. The second kappa shape index (κ2) is 10.9. The molecule has 0 radical (unpaired) electrons. The first-order valence-electron chi connectivity index (χ1n) is 7.53. The summed E-state index contributed by atoms with van der Waals surface area (Å²) in [7, 11) is 0. The summed E-state index contributed by atoms with van der Waals surface area (Å²) in [6.07, 6.45) is -0.929. The summed E-state index contributed by atoms with van der Waals surface area (Å²) < 4.78 is 20.1. The van der Waals surface area contributed by atoms with Crippen molar-refractivity contribution in [1.29, 1.82) is 0 Å². The molecule has 0 spiro atoms. The summed E-state index contributed by atoms with van der Waals surface area (Å²) >= 11 is 0. The lowest BCUT2D eigenvalue weighted by Crippen LogP contribution is -2.34. The van der Waals surface area contributed by atoms with Crippen molar-refractivity contribution in [3.63, 3.8) is 0 Å². The predicted molar refractivity (Wildman–Crippen MR) is 83.8 cm³/mol. The number of esters is 1. The molecule has 1 aromatic rings. The predicted octanol–water partition coefficient (Wildman–Crippen LogP) is 1.67. The average Bonchev–Trinajstić information content (AvgIpc) is 2.55.